The van der Waals surface area contributed by atoms with Crippen molar-refractivity contribution in [1.82, 2.24) is 4.90 Å². The Hall–Kier alpha value is -1.35. The molecule has 19 heavy (non-hydrogen) atoms. The van der Waals surface area contributed by atoms with Crippen molar-refractivity contribution in [1.29, 1.82) is 0 Å². The van der Waals surface area contributed by atoms with Crippen LogP contribution >= 0.6 is 0 Å². The Morgan fingerprint density at radius 3 is 2.53 bits per heavy atom. The zero-order chi connectivity index (χ0) is 13.5. The zero-order valence-electron chi connectivity index (χ0n) is 11.8. The van der Waals surface area contributed by atoms with Gasteiger partial charge in [-0.15, -0.1) is 0 Å². The van der Waals surface area contributed by atoms with Crippen molar-refractivity contribution in [3.8, 4) is 0 Å². The number of amides is 1. The van der Waals surface area contributed by atoms with Gasteiger partial charge in [-0.2, -0.15) is 0 Å². The molecule has 3 nitrogen and oxygen atoms in total. The first-order valence-corrected chi connectivity index (χ1v) is 7.33. The van der Waals surface area contributed by atoms with Gasteiger partial charge >= 0.3 is 0 Å². The van der Waals surface area contributed by atoms with Crippen LogP contribution in [0.25, 0.3) is 0 Å². The summed E-state index contributed by atoms with van der Waals surface area (Å²) in [5, 5.41) is 2.99. The molecule has 0 saturated carbocycles. The summed E-state index contributed by atoms with van der Waals surface area (Å²) >= 11 is 0. The van der Waals surface area contributed by atoms with Crippen LogP contribution in [-0.4, -0.2) is 30.4 Å². The lowest BCUT2D eigenvalue weighted by Crippen LogP contribution is -2.35. The van der Waals surface area contributed by atoms with E-state index in [4.69, 9.17) is 0 Å². The van der Waals surface area contributed by atoms with Gasteiger partial charge in [-0.3, -0.25) is 9.69 Å². The second-order valence-corrected chi connectivity index (χ2v) is 5.46. The van der Waals surface area contributed by atoms with Crippen LogP contribution in [0.1, 0.15) is 37.7 Å². The van der Waals surface area contributed by atoms with Crippen LogP contribution in [0.5, 0.6) is 0 Å². The van der Waals surface area contributed by atoms with Gasteiger partial charge in [0.15, 0.2) is 0 Å². The number of aryl methyl sites for hydroxylation is 1. The molecule has 0 aliphatic carbocycles. The van der Waals surface area contributed by atoms with E-state index in [1.807, 2.05) is 31.2 Å². The molecule has 1 aromatic carbocycles. The van der Waals surface area contributed by atoms with Gasteiger partial charge in [-0.05, 0) is 50.6 Å². The summed E-state index contributed by atoms with van der Waals surface area (Å²) in [7, 11) is 0. The maximum absolute atomic E-state index is 12.0. The maximum atomic E-state index is 12.0. The molecule has 1 N–H and O–H groups in total. The van der Waals surface area contributed by atoms with Crippen LogP contribution in [0.3, 0.4) is 0 Å². The van der Waals surface area contributed by atoms with Crippen LogP contribution in [0.2, 0.25) is 0 Å². The Morgan fingerprint density at radius 1 is 1.16 bits per heavy atom. The van der Waals surface area contributed by atoms with E-state index in [1.165, 1.54) is 37.7 Å². The standard InChI is InChI=1S/C16H24N2O/c1-14-8-7-9-15(12-14)17-16(19)13-18-10-5-3-2-4-6-11-18/h7-9,12H,2-6,10-11,13H2,1H3,(H,17,19). The van der Waals surface area contributed by atoms with E-state index in [2.05, 4.69) is 10.2 Å². The van der Waals surface area contributed by atoms with Crippen LogP contribution in [-0.2, 0) is 4.79 Å². The number of benzene rings is 1. The lowest BCUT2D eigenvalue weighted by Gasteiger charge is -2.23. The van der Waals surface area contributed by atoms with Crippen molar-refractivity contribution in [3.63, 3.8) is 0 Å². The van der Waals surface area contributed by atoms with Gasteiger partial charge in [0.05, 0.1) is 6.54 Å². The van der Waals surface area contributed by atoms with Crippen molar-refractivity contribution >= 4 is 11.6 Å². The Labute approximate surface area is 116 Å². The summed E-state index contributed by atoms with van der Waals surface area (Å²) in [6.45, 7) is 4.67. The molecule has 0 bridgehead atoms. The second kappa shape index (κ2) is 7.29. The fraction of sp³-hybridized carbons (Fsp3) is 0.562. The SMILES string of the molecule is Cc1cccc(NC(=O)CN2CCCCCCC2)c1. The van der Waals surface area contributed by atoms with Crippen LogP contribution in [0, 0.1) is 6.92 Å². The van der Waals surface area contributed by atoms with E-state index in [-0.39, 0.29) is 5.91 Å². The largest absolute Gasteiger partial charge is 0.325 e. The van der Waals surface area contributed by atoms with E-state index in [9.17, 15) is 4.79 Å². The molecule has 1 aliphatic heterocycles. The van der Waals surface area contributed by atoms with Crippen molar-refractivity contribution in [2.45, 2.75) is 39.0 Å². The average molecular weight is 260 g/mol. The number of anilines is 1. The highest BCUT2D eigenvalue weighted by atomic mass is 16.2. The quantitative estimate of drug-likeness (QED) is 0.905. The summed E-state index contributed by atoms with van der Waals surface area (Å²) in [6, 6.07) is 7.96. The van der Waals surface area contributed by atoms with E-state index in [0.29, 0.717) is 6.54 Å². The van der Waals surface area contributed by atoms with Crippen molar-refractivity contribution < 1.29 is 4.79 Å². The molecule has 0 radical (unpaired) electrons. The van der Waals surface area contributed by atoms with Crippen LogP contribution in [0.15, 0.2) is 24.3 Å². The normalized spacial score (nSPS) is 17.5. The molecular formula is C16H24N2O. The summed E-state index contributed by atoms with van der Waals surface area (Å²) in [5.41, 5.74) is 2.07. The highest BCUT2D eigenvalue weighted by Crippen LogP contribution is 2.12. The topological polar surface area (TPSA) is 32.3 Å². The number of carbonyl (C=O) groups is 1. The number of nitrogens with one attached hydrogen (secondary N) is 1. The monoisotopic (exact) mass is 260 g/mol. The Kier molecular flexibility index (Phi) is 5.40. The summed E-state index contributed by atoms with van der Waals surface area (Å²) < 4.78 is 0. The maximum Gasteiger partial charge on any atom is 0.238 e. The first-order valence-electron chi connectivity index (χ1n) is 7.33. The van der Waals surface area contributed by atoms with E-state index < -0.39 is 0 Å². The third kappa shape index (κ3) is 5.03. The van der Waals surface area contributed by atoms with Gasteiger partial charge in [0, 0.05) is 5.69 Å². The summed E-state index contributed by atoms with van der Waals surface area (Å²) in [6.07, 6.45) is 6.39. The zero-order valence-corrected chi connectivity index (χ0v) is 11.8. The molecule has 1 amide bonds. The lowest BCUT2D eigenvalue weighted by molar-refractivity contribution is -0.117. The molecule has 3 heteroatoms. The smallest absolute Gasteiger partial charge is 0.238 e. The number of nitrogens with zero attached hydrogens (tertiary/aromatic N) is 1. The average Bonchev–Trinajstić information content (AvgIpc) is 2.32. The number of carbonyl (C=O) groups excluding carboxylic acids is 1. The minimum Gasteiger partial charge on any atom is -0.325 e. The van der Waals surface area contributed by atoms with Crippen molar-refractivity contribution in [2.24, 2.45) is 0 Å². The van der Waals surface area contributed by atoms with Gasteiger partial charge in [0.25, 0.3) is 0 Å². The van der Waals surface area contributed by atoms with Crippen LogP contribution < -0.4 is 5.32 Å². The molecule has 1 saturated heterocycles. The Balaban J connectivity index is 1.82. The van der Waals surface area contributed by atoms with Gasteiger partial charge in [0.2, 0.25) is 5.91 Å². The number of rotatable bonds is 3. The first-order chi connectivity index (χ1) is 9.24. The Morgan fingerprint density at radius 2 is 1.84 bits per heavy atom. The molecule has 1 aromatic rings. The minimum atomic E-state index is 0.103. The fourth-order valence-electron chi connectivity index (χ4n) is 2.60. The molecule has 1 heterocycles. The molecular weight excluding hydrogens is 236 g/mol. The molecule has 0 spiro atoms. The fourth-order valence-corrected chi connectivity index (χ4v) is 2.60. The van der Waals surface area contributed by atoms with Crippen molar-refractivity contribution in [2.75, 3.05) is 25.0 Å². The second-order valence-electron chi connectivity index (χ2n) is 5.46. The van der Waals surface area contributed by atoms with E-state index in [0.717, 1.165) is 18.8 Å². The predicted molar refractivity (Wildman–Crippen MR) is 79.3 cm³/mol. The van der Waals surface area contributed by atoms with Gasteiger partial charge in [-0.25, -0.2) is 0 Å². The molecule has 0 aromatic heterocycles. The van der Waals surface area contributed by atoms with E-state index >= 15 is 0 Å². The van der Waals surface area contributed by atoms with Crippen molar-refractivity contribution in [3.05, 3.63) is 29.8 Å². The Bertz CT molecular complexity index is 409. The van der Waals surface area contributed by atoms with Gasteiger partial charge in [-0.1, -0.05) is 31.4 Å². The third-order valence-electron chi connectivity index (χ3n) is 3.62. The van der Waals surface area contributed by atoms with E-state index in [1.54, 1.807) is 0 Å². The van der Waals surface area contributed by atoms with Crippen LogP contribution in [0.4, 0.5) is 5.69 Å². The summed E-state index contributed by atoms with van der Waals surface area (Å²) in [5.74, 6) is 0.103. The molecule has 1 aliphatic rings. The van der Waals surface area contributed by atoms with Gasteiger partial charge < -0.3 is 5.32 Å². The number of hydrogen-bond acceptors (Lipinski definition) is 2. The molecule has 104 valence electrons. The van der Waals surface area contributed by atoms with Gasteiger partial charge in [0.1, 0.15) is 0 Å². The summed E-state index contributed by atoms with van der Waals surface area (Å²) in [4.78, 5) is 14.3. The molecule has 2 rings (SSSR count). The highest BCUT2D eigenvalue weighted by molar-refractivity contribution is 5.92. The molecule has 0 unspecified atom stereocenters. The minimum absolute atomic E-state index is 0.103. The molecule has 0 atom stereocenters. The lowest BCUT2D eigenvalue weighted by atomic mass is 10.1. The first kappa shape index (κ1) is 14.1. The number of hydrogen-bond donors (Lipinski definition) is 1. The highest BCUT2D eigenvalue weighted by Gasteiger charge is 2.12. The number of likely N-dealkylation sites (tertiary alicyclic amines) is 1. The predicted octanol–water partition coefficient (Wildman–Crippen LogP) is 3.20. The molecule has 1 fully saturated rings. The third-order valence-corrected chi connectivity index (χ3v) is 3.62.